The van der Waals surface area contributed by atoms with Crippen LogP contribution in [0.2, 0.25) is 0 Å². The first-order chi connectivity index (χ1) is 59.1. The zero-order valence-electron chi connectivity index (χ0n) is 66.0. The van der Waals surface area contributed by atoms with Crippen LogP contribution in [0.4, 0.5) is 0 Å². The van der Waals surface area contributed by atoms with Crippen molar-refractivity contribution in [2.75, 3.05) is 0 Å². The molecule has 0 radical (unpaired) electrons. The van der Waals surface area contributed by atoms with E-state index in [1.807, 2.05) is 109 Å². The van der Waals surface area contributed by atoms with E-state index < -0.39 is 0 Å². The molecule has 6 heterocycles. The molecule has 2 aromatic heterocycles. The highest BCUT2D eigenvalue weighted by Crippen LogP contribution is 2.42. The molecule has 4 aliphatic rings. The van der Waals surface area contributed by atoms with Gasteiger partial charge in [-0.15, -0.1) is 11.3 Å². The SMILES string of the molecule is N=C(N)c1ccc2c(c1)C=Cc1cc(C(=N)N)ccc1O2.N=C(N)c1ccc2c(c1)CCc1cc(C(=N)N)ccc1O2.N=C(N)c1ccc2c(c1)Cc1cc(C(=N)N)ccc1O2.N=C(N)c1ccc2c(c1)Cc1cc(C(=N)N)ccc1S2.N=C(N)c1ccc2oc3ccc(C(=N)N)cc3c(=O)c2c1.N=C(N)c1ccc2sc3ccc(C(=N)N)cc3c(=O)c2c1. The van der Waals surface area contributed by atoms with Crippen molar-refractivity contribution in [3.05, 3.63) is 350 Å². The van der Waals surface area contributed by atoms with E-state index in [2.05, 4.69) is 0 Å². The summed E-state index contributed by atoms with van der Waals surface area (Å²) in [6.07, 6.45) is 6.84. The van der Waals surface area contributed by atoms with Gasteiger partial charge in [-0.3, -0.25) is 74.5 Å². The number of aryl methyl sites for hydroxylation is 2. The predicted octanol–water partition coefficient (Wildman–Crippen LogP) is 12.4. The molecule has 0 amide bonds. The molecular formula is C92H82N24O6S2. The van der Waals surface area contributed by atoms with Gasteiger partial charge in [-0.1, -0.05) is 36.0 Å². The van der Waals surface area contributed by atoms with Crippen molar-refractivity contribution < 1.29 is 18.6 Å². The first-order valence-corrected chi connectivity index (χ1v) is 39.3. The average Bonchev–Trinajstić information content (AvgIpc) is 1.03. The van der Waals surface area contributed by atoms with E-state index in [0.717, 1.165) is 107 Å². The van der Waals surface area contributed by atoms with E-state index in [1.165, 1.54) is 33.3 Å². The topological polar surface area (TPSA) is 673 Å². The van der Waals surface area contributed by atoms with E-state index >= 15 is 0 Å². The van der Waals surface area contributed by atoms with Gasteiger partial charge >= 0.3 is 0 Å². The normalized spacial score (nSPS) is 11.7. The molecule has 12 aromatic carbocycles. The molecule has 0 aliphatic carbocycles. The van der Waals surface area contributed by atoms with Crippen molar-refractivity contribution in [2.24, 2.45) is 68.8 Å². The number of amidine groups is 12. The fraction of sp³-hybridized carbons (Fsp3) is 0.0435. The van der Waals surface area contributed by atoms with Crippen LogP contribution in [0, 0.1) is 64.9 Å². The molecule has 36 N–H and O–H groups in total. The number of nitrogen functional groups attached to an aromatic ring is 12. The molecule has 18 rings (SSSR count). The van der Waals surface area contributed by atoms with Crippen LogP contribution in [0.5, 0.6) is 34.5 Å². The summed E-state index contributed by atoms with van der Waals surface area (Å²) >= 11 is 3.18. The van der Waals surface area contributed by atoms with Crippen LogP contribution in [0.1, 0.15) is 111 Å². The highest BCUT2D eigenvalue weighted by molar-refractivity contribution is 7.99. The average molecular weight is 1680 g/mol. The molecule has 0 saturated heterocycles. The predicted molar refractivity (Wildman–Crippen MR) is 496 cm³/mol. The Balaban J connectivity index is 0.000000128. The number of nitrogens with two attached hydrogens (primary N) is 12. The summed E-state index contributed by atoms with van der Waals surface area (Å²) < 4.78 is 25.0. The molecule has 0 unspecified atom stereocenters. The zero-order chi connectivity index (χ0) is 88.8. The summed E-state index contributed by atoms with van der Waals surface area (Å²) in [6, 6.07) is 64.3. The van der Waals surface area contributed by atoms with E-state index in [1.54, 1.807) is 121 Å². The van der Waals surface area contributed by atoms with Gasteiger partial charge in [0.1, 0.15) is 116 Å². The molecule has 32 heteroatoms. The fourth-order valence-corrected chi connectivity index (χ4v) is 15.7. The van der Waals surface area contributed by atoms with Crippen LogP contribution in [0.15, 0.2) is 242 Å². The summed E-state index contributed by atoms with van der Waals surface area (Å²) in [7, 11) is 0. The second-order valence-corrected chi connectivity index (χ2v) is 30.9. The minimum atomic E-state index is -0.238. The quantitative estimate of drug-likeness (QED) is 0.0307. The van der Waals surface area contributed by atoms with E-state index in [4.69, 9.17) is 152 Å². The van der Waals surface area contributed by atoms with Gasteiger partial charge in [-0.05, 0) is 248 Å². The van der Waals surface area contributed by atoms with Gasteiger partial charge in [0.2, 0.25) is 5.43 Å². The summed E-state index contributed by atoms with van der Waals surface area (Å²) in [5.74, 6) is 4.54. The monoisotopic (exact) mass is 1680 g/mol. The van der Waals surface area contributed by atoms with Crippen molar-refractivity contribution in [1.82, 2.24) is 0 Å². The Morgan fingerprint density at radius 1 is 0.250 bits per heavy atom. The summed E-state index contributed by atoms with van der Waals surface area (Å²) in [4.78, 5) is 27.6. The number of benzene rings is 12. The summed E-state index contributed by atoms with van der Waals surface area (Å²) in [5, 5.41) is 91.5. The van der Waals surface area contributed by atoms with E-state index in [-0.39, 0.29) is 80.9 Å². The standard InChI is InChI=1S/C16H16N4O.C16H14N4O.C15H12N4O2.C15H12N4OS.C15H14N4O.C15H14N4S/c2*17-15(18)11-3-5-13-9(7-11)1-2-10-8-12(16(19)20)4-6-14(10)21-13;2*16-14(17)7-1-3-11-9(5-7)13(20)10-6-8(15(18)19)2-4-12(10)21-11;2*16-14(17)8-1-3-12-10(5-8)7-11-6-9(15(18)19)2-4-13(11)20-12/h3-8H,1-2H2,(H3,17,18)(H3,19,20);1-8H,(H3,17,18)(H3,19,20);2*1-6H,(H3,16,17)(H3,18,19);2*1-6H,7H2,(H3,16,17)(H3,18,19). The summed E-state index contributed by atoms with van der Waals surface area (Å²) in [5.41, 5.74) is 82.0. The number of rotatable bonds is 12. The first kappa shape index (κ1) is 85.0. The molecule has 14 aromatic rings. The lowest BCUT2D eigenvalue weighted by molar-refractivity contribution is 0.460. The van der Waals surface area contributed by atoms with Gasteiger partial charge in [0.15, 0.2) is 5.43 Å². The summed E-state index contributed by atoms with van der Waals surface area (Å²) in [6.45, 7) is 0. The highest BCUT2D eigenvalue weighted by atomic mass is 32.2. The van der Waals surface area contributed by atoms with Crippen molar-refractivity contribution >= 4 is 147 Å². The Morgan fingerprint density at radius 3 is 0.815 bits per heavy atom. The fourth-order valence-electron chi connectivity index (χ4n) is 13.6. The number of nitrogens with one attached hydrogen (secondary N) is 12. The Hall–Kier alpha value is -16.9. The first-order valence-electron chi connectivity index (χ1n) is 37.7. The largest absolute Gasteiger partial charge is 0.457 e. The second-order valence-electron chi connectivity index (χ2n) is 28.7. The van der Waals surface area contributed by atoms with Gasteiger partial charge in [-0.2, -0.15) is 0 Å². The maximum absolute atomic E-state index is 12.6. The molecule has 30 nitrogen and oxygen atoms in total. The van der Waals surface area contributed by atoms with E-state index in [9.17, 15) is 9.59 Å². The minimum Gasteiger partial charge on any atom is -0.457 e. The number of fused-ring (bicyclic) bond motifs is 12. The molecule has 618 valence electrons. The highest BCUT2D eigenvalue weighted by Gasteiger charge is 2.23. The van der Waals surface area contributed by atoms with Crippen molar-refractivity contribution in [3.63, 3.8) is 0 Å². The van der Waals surface area contributed by atoms with Crippen molar-refractivity contribution in [2.45, 2.75) is 35.5 Å². The molecule has 0 bridgehead atoms. The molecule has 124 heavy (non-hydrogen) atoms. The van der Waals surface area contributed by atoms with Gasteiger partial charge in [0, 0.05) is 125 Å². The Labute approximate surface area is 715 Å². The number of hydrogen-bond acceptors (Lipinski definition) is 20. The van der Waals surface area contributed by atoms with Crippen molar-refractivity contribution in [1.29, 1.82) is 64.9 Å². The molecule has 0 spiro atoms. The smallest absolute Gasteiger partial charge is 0.200 e. The van der Waals surface area contributed by atoms with Crippen LogP contribution in [-0.2, 0) is 25.7 Å². The van der Waals surface area contributed by atoms with Gasteiger partial charge in [0.05, 0.1) is 10.8 Å². The molecular weight excluding hydrogens is 1600 g/mol. The Bertz CT molecular complexity index is 6440. The van der Waals surface area contributed by atoms with Crippen LogP contribution in [0.25, 0.3) is 54.3 Å². The van der Waals surface area contributed by atoms with Gasteiger partial charge in [-0.25, -0.2) is 0 Å². The molecule has 0 fully saturated rings. The van der Waals surface area contributed by atoms with Crippen molar-refractivity contribution in [3.8, 4) is 34.5 Å². The van der Waals surface area contributed by atoms with Gasteiger partial charge < -0.3 is 87.4 Å². The minimum absolute atomic E-state index is 0.0202. The second kappa shape index (κ2) is 35.8. The third kappa shape index (κ3) is 19.0. The van der Waals surface area contributed by atoms with Crippen LogP contribution in [0.3, 0.4) is 0 Å². The van der Waals surface area contributed by atoms with Crippen LogP contribution in [-0.4, -0.2) is 70.0 Å². The van der Waals surface area contributed by atoms with E-state index in [0.29, 0.717) is 106 Å². The zero-order valence-corrected chi connectivity index (χ0v) is 67.6. The number of ether oxygens (including phenoxy) is 3. The van der Waals surface area contributed by atoms with Crippen LogP contribution < -0.4 is 93.9 Å². The third-order valence-electron chi connectivity index (χ3n) is 20.2. The number of hydrogen-bond donors (Lipinski definition) is 24. The lowest BCUT2D eigenvalue weighted by Gasteiger charge is -2.21. The molecule has 0 saturated carbocycles. The Kier molecular flexibility index (Phi) is 24.5. The maximum Gasteiger partial charge on any atom is 0.200 e. The molecule has 4 aliphatic heterocycles. The third-order valence-corrected chi connectivity index (χ3v) is 22.6. The van der Waals surface area contributed by atoms with Gasteiger partial charge in [0.25, 0.3) is 0 Å². The molecule has 0 atom stereocenters. The lowest BCUT2D eigenvalue weighted by Crippen LogP contribution is -2.14. The maximum atomic E-state index is 12.6. The lowest BCUT2D eigenvalue weighted by atomic mass is 9.96. The Morgan fingerprint density at radius 2 is 0.484 bits per heavy atom. The van der Waals surface area contributed by atoms with Crippen LogP contribution >= 0.6 is 23.1 Å².